The zero-order valence-corrected chi connectivity index (χ0v) is 32.6. The molecule has 1 aromatic heterocycles. The number of fused-ring (bicyclic) bond motifs is 6. The van der Waals surface area contributed by atoms with E-state index in [0.29, 0.717) is 0 Å². The Balaban J connectivity index is 0.991. The highest BCUT2D eigenvalue weighted by Gasteiger charge is 2.17. The van der Waals surface area contributed by atoms with E-state index >= 15 is 0 Å². The molecule has 0 aliphatic heterocycles. The normalized spacial score (nSPS) is 11.5. The minimum atomic E-state index is 0.909. The Hall–Kier alpha value is -7.68. The quantitative estimate of drug-likeness (QED) is 0.151. The van der Waals surface area contributed by atoms with Gasteiger partial charge in [-0.2, -0.15) is 0 Å². The number of anilines is 3. The molecule has 2 nitrogen and oxygen atoms in total. The zero-order chi connectivity index (χ0) is 39.3. The maximum absolute atomic E-state index is 6.32. The number of aryl methyl sites for hydroxylation is 1. The van der Waals surface area contributed by atoms with Crippen LogP contribution in [0.25, 0.3) is 88.0 Å². The molecule has 0 aliphatic carbocycles. The van der Waals surface area contributed by atoms with Gasteiger partial charge in [0.15, 0.2) is 0 Å². The second-order valence-electron chi connectivity index (χ2n) is 15.3. The summed E-state index contributed by atoms with van der Waals surface area (Å²) in [5, 5.41) is 7.40. The summed E-state index contributed by atoms with van der Waals surface area (Å²) in [4.78, 5) is 2.35. The van der Waals surface area contributed by atoms with E-state index in [1.807, 2.05) is 0 Å². The molecule has 0 amide bonds. The Morgan fingerprint density at radius 2 is 0.780 bits per heavy atom. The van der Waals surface area contributed by atoms with Crippen LogP contribution in [0.15, 0.2) is 223 Å². The van der Waals surface area contributed by atoms with E-state index in [1.165, 1.54) is 71.4 Å². The first-order chi connectivity index (χ1) is 29.2. The summed E-state index contributed by atoms with van der Waals surface area (Å²) in [7, 11) is 0. The lowest BCUT2D eigenvalue weighted by Gasteiger charge is -2.26. The van der Waals surface area contributed by atoms with Crippen molar-refractivity contribution in [1.29, 1.82) is 0 Å². The molecule has 0 atom stereocenters. The van der Waals surface area contributed by atoms with Gasteiger partial charge >= 0.3 is 0 Å². The molecule has 1 heterocycles. The fourth-order valence-electron chi connectivity index (χ4n) is 8.89. The van der Waals surface area contributed by atoms with Gasteiger partial charge in [-0.15, -0.1) is 0 Å². The van der Waals surface area contributed by atoms with Crippen molar-refractivity contribution in [3.8, 4) is 44.5 Å². The van der Waals surface area contributed by atoms with E-state index in [-0.39, 0.29) is 0 Å². The highest BCUT2D eigenvalue weighted by atomic mass is 16.3. The molecule has 278 valence electrons. The van der Waals surface area contributed by atoms with E-state index < -0.39 is 0 Å². The molecular formula is C57H39NO. The van der Waals surface area contributed by atoms with Crippen LogP contribution in [0.3, 0.4) is 0 Å². The van der Waals surface area contributed by atoms with Crippen LogP contribution in [0.1, 0.15) is 5.56 Å². The van der Waals surface area contributed by atoms with Gasteiger partial charge in [0, 0.05) is 27.8 Å². The van der Waals surface area contributed by atoms with Crippen LogP contribution in [0.2, 0.25) is 0 Å². The summed E-state index contributed by atoms with van der Waals surface area (Å²) >= 11 is 0. The summed E-state index contributed by atoms with van der Waals surface area (Å²) in [5.74, 6) is 0. The van der Waals surface area contributed by atoms with Crippen LogP contribution >= 0.6 is 0 Å². The van der Waals surface area contributed by atoms with E-state index in [1.54, 1.807) is 0 Å². The van der Waals surface area contributed by atoms with Crippen molar-refractivity contribution in [3.05, 3.63) is 224 Å². The Labute approximate surface area is 343 Å². The Morgan fingerprint density at radius 3 is 1.41 bits per heavy atom. The van der Waals surface area contributed by atoms with E-state index in [2.05, 4.69) is 230 Å². The number of nitrogens with zero attached hydrogens (tertiary/aromatic N) is 1. The molecule has 11 aromatic rings. The molecule has 59 heavy (non-hydrogen) atoms. The number of hydrogen-bond acceptors (Lipinski definition) is 2. The minimum Gasteiger partial charge on any atom is -0.456 e. The lowest BCUT2D eigenvalue weighted by molar-refractivity contribution is 0.669. The van der Waals surface area contributed by atoms with Gasteiger partial charge in [-0.3, -0.25) is 0 Å². The van der Waals surface area contributed by atoms with Crippen LogP contribution in [-0.4, -0.2) is 0 Å². The van der Waals surface area contributed by atoms with Crippen LogP contribution < -0.4 is 4.90 Å². The summed E-state index contributed by atoms with van der Waals surface area (Å²) in [6.45, 7) is 2.16. The molecule has 0 spiro atoms. The largest absolute Gasteiger partial charge is 0.456 e. The summed E-state index contributed by atoms with van der Waals surface area (Å²) < 4.78 is 6.32. The van der Waals surface area contributed by atoms with Crippen molar-refractivity contribution in [2.45, 2.75) is 6.92 Å². The monoisotopic (exact) mass is 753 g/mol. The molecule has 0 radical (unpaired) electrons. The molecule has 0 N–H and O–H groups in total. The second kappa shape index (κ2) is 14.4. The maximum Gasteiger partial charge on any atom is 0.136 e. The first-order valence-electron chi connectivity index (χ1n) is 20.2. The van der Waals surface area contributed by atoms with E-state index in [4.69, 9.17) is 4.42 Å². The van der Waals surface area contributed by atoms with E-state index in [0.717, 1.165) is 39.2 Å². The zero-order valence-electron chi connectivity index (χ0n) is 32.6. The molecule has 10 aromatic carbocycles. The number of benzene rings is 10. The lowest BCUT2D eigenvalue weighted by Crippen LogP contribution is -2.09. The van der Waals surface area contributed by atoms with Gasteiger partial charge in [0.1, 0.15) is 11.2 Å². The molecule has 0 fully saturated rings. The lowest BCUT2D eigenvalue weighted by atomic mass is 9.93. The third-order valence-corrected chi connectivity index (χ3v) is 11.8. The van der Waals surface area contributed by atoms with Gasteiger partial charge in [0.2, 0.25) is 0 Å². The van der Waals surface area contributed by atoms with Crippen molar-refractivity contribution in [3.63, 3.8) is 0 Å². The standard InChI is InChI=1S/C57H39NO/c1-38-11-9-19-54-56(38)57-50(18-10-20-55(57)59-54)43-27-33-47(34-28-43)58(46-31-25-42(26-32-46)41-23-21-40(22-24-41)39-12-3-2-4-13-39)48-35-29-44(30-36-48)53-37-45-14-5-6-15-49(45)51-16-7-8-17-52(51)53/h2-37H,1H3. The summed E-state index contributed by atoms with van der Waals surface area (Å²) in [5.41, 5.74) is 15.9. The third-order valence-electron chi connectivity index (χ3n) is 11.8. The van der Waals surface area contributed by atoms with Crippen LogP contribution in [0.5, 0.6) is 0 Å². The number of rotatable bonds is 7. The first kappa shape index (κ1) is 34.6. The highest BCUT2D eigenvalue weighted by Crippen LogP contribution is 2.42. The summed E-state index contributed by atoms with van der Waals surface area (Å²) in [6.07, 6.45) is 0. The van der Waals surface area contributed by atoms with E-state index in [9.17, 15) is 0 Å². The number of hydrogen-bond donors (Lipinski definition) is 0. The smallest absolute Gasteiger partial charge is 0.136 e. The number of furan rings is 1. The Kier molecular flexibility index (Phi) is 8.41. The first-order valence-corrected chi connectivity index (χ1v) is 20.2. The Morgan fingerprint density at radius 1 is 0.322 bits per heavy atom. The minimum absolute atomic E-state index is 0.909. The molecule has 0 saturated heterocycles. The average Bonchev–Trinajstić information content (AvgIpc) is 3.70. The highest BCUT2D eigenvalue weighted by molar-refractivity contribution is 6.15. The van der Waals surface area contributed by atoms with Gasteiger partial charge in [-0.25, -0.2) is 0 Å². The fourth-order valence-corrected chi connectivity index (χ4v) is 8.89. The van der Waals surface area contributed by atoms with Gasteiger partial charge in [0.25, 0.3) is 0 Å². The van der Waals surface area contributed by atoms with Gasteiger partial charge in [0.05, 0.1) is 0 Å². The van der Waals surface area contributed by atoms with Crippen LogP contribution in [0.4, 0.5) is 17.1 Å². The van der Waals surface area contributed by atoms with Crippen molar-refractivity contribution in [1.82, 2.24) is 0 Å². The Bertz CT molecular complexity index is 3290. The topological polar surface area (TPSA) is 16.4 Å². The molecule has 0 aliphatic rings. The van der Waals surface area contributed by atoms with Gasteiger partial charge < -0.3 is 9.32 Å². The van der Waals surface area contributed by atoms with Crippen molar-refractivity contribution in [2.75, 3.05) is 4.90 Å². The predicted molar refractivity (Wildman–Crippen MR) is 250 cm³/mol. The molecular weight excluding hydrogens is 715 g/mol. The SMILES string of the molecule is Cc1cccc2oc3cccc(-c4ccc(N(c5ccc(-c6ccc(-c7ccccc7)cc6)cc5)c5ccc(-c6cc7ccccc7c7ccccc67)cc5)cc4)c3c12. The molecule has 0 unspecified atom stereocenters. The van der Waals surface area contributed by atoms with Gasteiger partial charge in [-0.1, -0.05) is 164 Å². The third kappa shape index (κ3) is 6.14. The molecule has 0 bridgehead atoms. The average molecular weight is 754 g/mol. The molecule has 2 heteroatoms. The van der Waals surface area contributed by atoms with Crippen LogP contribution in [-0.2, 0) is 0 Å². The second-order valence-corrected chi connectivity index (χ2v) is 15.3. The fraction of sp³-hybridized carbons (Fsp3) is 0.0175. The maximum atomic E-state index is 6.32. The van der Waals surface area contributed by atoms with Crippen LogP contribution in [0, 0.1) is 6.92 Å². The summed E-state index contributed by atoms with van der Waals surface area (Å²) in [6, 6.07) is 78.7. The van der Waals surface area contributed by atoms with Gasteiger partial charge in [-0.05, 0) is 133 Å². The molecule has 11 rings (SSSR count). The van der Waals surface area contributed by atoms with Crippen molar-refractivity contribution < 1.29 is 4.42 Å². The predicted octanol–water partition coefficient (Wildman–Crippen LogP) is 16.3. The van der Waals surface area contributed by atoms with Crippen molar-refractivity contribution in [2.24, 2.45) is 0 Å². The molecule has 0 saturated carbocycles. The van der Waals surface area contributed by atoms with Crippen molar-refractivity contribution >= 4 is 60.5 Å².